The summed E-state index contributed by atoms with van der Waals surface area (Å²) in [6, 6.07) is 18.1. The molecule has 0 bridgehead atoms. The average Bonchev–Trinajstić information content (AvgIpc) is 3.42. The van der Waals surface area contributed by atoms with Crippen LogP contribution in [0.3, 0.4) is 0 Å². The maximum absolute atomic E-state index is 2.33. The molecule has 4 heterocycles. The van der Waals surface area contributed by atoms with Gasteiger partial charge in [-0.25, -0.2) is 0 Å². The van der Waals surface area contributed by atoms with Crippen LogP contribution in [0, 0.1) is 0 Å². The van der Waals surface area contributed by atoms with Crippen LogP contribution in [0.1, 0.15) is 0 Å². The normalized spacial score (nSPS) is 11.6. The standard InChI is InChI=1S/C18H16P2S4/c1-5-15(21-11-1)19(16-6-2-12-22-16)9-10-20(17-7-3-13-23-17)18-8-4-14-24-18/h1-8,11-14H,9-10H2. The second-order valence-electron chi connectivity index (χ2n) is 5.11. The van der Waals surface area contributed by atoms with Crippen molar-refractivity contribution < 1.29 is 0 Å². The van der Waals surface area contributed by atoms with Crippen LogP contribution in [0.15, 0.2) is 70.1 Å². The molecule has 0 saturated carbocycles. The topological polar surface area (TPSA) is 0 Å². The van der Waals surface area contributed by atoms with Crippen LogP contribution in [0.5, 0.6) is 0 Å². The fourth-order valence-corrected chi connectivity index (χ4v) is 13.7. The van der Waals surface area contributed by atoms with Crippen LogP contribution in [-0.4, -0.2) is 12.3 Å². The first-order valence-electron chi connectivity index (χ1n) is 7.61. The van der Waals surface area contributed by atoms with Crippen molar-refractivity contribution in [1.82, 2.24) is 0 Å². The zero-order valence-electron chi connectivity index (χ0n) is 12.9. The third-order valence-electron chi connectivity index (χ3n) is 3.64. The van der Waals surface area contributed by atoms with Crippen molar-refractivity contribution in [3.63, 3.8) is 0 Å². The molecule has 4 rings (SSSR count). The fourth-order valence-electron chi connectivity index (χ4n) is 2.55. The van der Waals surface area contributed by atoms with Crippen molar-refractivity contribution in [3.8, 4) is 0 Å². The van der Waals surface area contributed by atoms with E-state index in [1.54, 1.807) is 18.5 Å². The summed E-state index contributed by atoms with van der Waals surface area (Å²) in [6.07, 6.45) is 2.58. The van der Waals surface area contributed by atoms with Gasteiger partial charge in [-0.1, -0.05) is 24.3 Å². The van der Waals surface area contributed by atoms with Gasteiger partial charge in [-0.05, 0) is 74.0 Å². The highest BCUT2D eigenvalue weighted by molar-refractivity contribution is 7.85. The third kappa shape index (κ3) is 3.90. The van der Waals surface area contributed by atoms with Crippen LogP contribution in [-0.2, 0) is 0 Å². The van der Waals surface area contributed by atoms with E-state index >= 15 is 0 Å². The van der Waals surface area contributed by atoms with Crippen LogP contribution >= 0.6 is 61.2 Å². The summed E-state index contributed by atoms with van der Waals surface area (Å²) in [7, 11) is -0.397. The molecule has 0 nitrogen and oxygen atoms in total. The minimum atomic E-state index is -0.199. The summed E-state index contributed by atoms with van der Waals surface area (Å²) in [5, 5.41) is 8.89. The fraction of sp³-hybridized carbons (Fsp3) is 0.111. The van der Waals surface area contributed by atoms with E-state index in [4.69, 9.17) is 0 Å². The van der Waals surface area contributed by atoms with Gasteiger partial charge < -0.3 is 0 Å². The minimum Gasteiger partial charge on any atom is -0.144 e. The maximum atomic E-state index is 2.33. The Labute approximate surface area is 161 Å². The zero-order valence-corrected chi connectivity index (χ0v) is 17.9. The molecule has 0 atom stereocenters. The largest absolute Gasteiger partial charge is 0.144 e. The summed E-state index contributed by atoms with van der Waals surface area (Å²) in [6.45, 7) is 0. The molecule has 0 unspecified atom stereocenters. The van der Waals surface area contributed by atoms with Crippen molar-refractivity contribution in [3.05, 3.63) is 70.1 Å². The Morgan fingerprint density at radius 1 is 0.500 bits per heavy atom. The molecule has 0 aliphatic rings. The first kappa shape index (κ1) is 17.1. The SMILES string of the molecule is c1csc(P(CCP(c2cccs2)c2cccs2)c2cccs2)c1. The Hall–Kier alpha value is -0.340. The van der Waals surface area contributed by atoms with Gasteiger partial charge in [0.05, 0.1) is 0 Å². The smallest absolute Gasteiger partial charge is 0.0331 e. The highest BCUT2D eigenvalue weighted by Gasteiger charge is 2.21. The highest BCUT2D eigenvalue weighted by atomic mass is 32.1. The van der Waals surface area contributed by atoms with Gasteiger partial charge in [0.1, 0.15) is 0 Å². The van der Waals surface area contributed by atoms with Gasteiger partial charge in [0.2, 0.25) is 0 Å². The lowest BCUT2D eigenvalue weighted by atomic mass is 10.7. The predicted octanol–water partition coefficient (Wildman–Crippen LogP) is 5.50. The van der Waals surface area contributed by atoms with Crippen LogP contribution in [0.4, 0.5) is 0 Å². The molecule has 0 spiro atoms. The van der Waals surface area contributed by atoms with E-state index in [-0.39, 0.29) is 15.8 Å². The van der Waals surface area contributed by atoms with E-state index in [1.165, 1.54) is 12.3 Å². The Morgan fingerprint density at radius 2 is 0.792 bits per heavy atom. The van der Waals surface area contributed by atoms with Gasteiger partial charge >= 0.3 is 0 Å². The quantitative estimate of drug-likeness (QED) is 0.345. The molecule has 0 saturated heterocycles. The van der Waals surface area contributed by atoms with Crippen molar-refractivity contribution in [2.45, 2.75) is 0 Å². The summed E-state index contributed by atoms with van der Waals surface area (Å²) in [5.74, 6) is 0. The summed E-state index contributed by atoms with van der Waals surface area (Å²) >= 11 is 7.70. The zero-order chi connectivity index (χ0) is 16.2. The summed E-state index contributed by atoms with van der Waals surface area (Å²) in [4.78, 5) is 0. The molecule has 4 aromatic rings. The minimum absolute atomic E-state index is 0.199. The predicted molar refractivity (Wildman–Crippen MR) is 119 cm³/mol. The van der Waals surface area contributed by atoms with Gasteiger partial charge in [0.15, 0.2) is 0 Å². The average molecular weight is 423 g/mol. The number of rotatable bonds is 7. The molecule has 0 aromatic carbocycles. The molecule has 24 heavy (non-hydrogen) atoms. The van der Waals surface area contributed by atoms with Crippen molar-refractivity contribution in [2.75, 3.05) is 12.3 Å². The van der Waals surface area contributed by atoms with Crippen molar-refractivity contribution >= 4 is 79.7 Å². The molecular formula is C18H16P2S4. The highest BCUT2D eigenvalue weighted by Crippen LogP contribution is 2.44. The molecular weight excluding hydrogens is 406 g/mol. The molecule has 6 heteroatoms. The molecule has 0 aliphatic heterocycles. The number of hydrogen-bond acceptors (Lipinski definition) is 4. The van der Waals surface area contributed by atoms with Crippen LogP contribution in [0.2, 0.25) is 0 Å². The lowest BCUT2D eigenvalue weighted by molar-refractivity contribution is 1.52. The lowest BCUT2D eigenvalue weighted by Gasteiger charge is -2.19. The van der Waals surface area contributed by atoms with Crippen molar-refractivity contribution in [2.24, 2.45) is 0 Å². The molecule has 122 valence electrons. The van der Waals surface area contributed by atoms with E-state index < -0.39 is 0 Å². The van der Waals surface area contributed by atoms with Crippen LogP contribution < -0.4 is 18.5 Å². The molecule has 0 N–H and O–H groups in total. The Morgan fingerprint density at radius 3 is 1.00 bits per heavy atom. The summed E-state index contributed by atoms with van der Waals surface area (Å²) < 4.78 is 6.28. The van der Waals surface area contributed by atoms with E-state index in [0.717, 1.165) is 0 Å². The Kier molecular flexibility index (Phi) is 5.95. The van der Waals surface area contributed by atoms with Crippen LogP contribution in [0.25, 0.3) is 0 Å². The van der Waals surface area contributed by atoms with E-state index in [2.05, 4.69) is 70.1 Å². The van der Waals surface area contributed by atoms with Gasteiger partial charge in [-0.3, -0.25) is 0 Å². The second-order valence-corrected chi connectivity index (χ2v) is 14.6. The first-order valence-corrected chi connectivity index (χ1v) is 14.2. The monoisotopic (exact) mass is 422 g/mol. The van der Waals surface area contributed by atoms with Gasteiger partial charge in [0, 0.05) is 18.5 Å². The number of thiophene rings is 4. The maximum Gasteiger partial charge on any atom is 0.0331 e. The molecule has 0 amide bonds. The second kappa shape index (κ2) is 8.36. The lowest BCUT2D eigenvalue weighted by Crippen LogP contribution is -2.15. The third-order valence-corrected chi connectivity index (χ3v) is 14.6. The summed E-state index contributed by atoms with van der Waals surface area (Å²) in [5.41, 5.74) is 0. The number of hydrogen-bond donors (Lipinski definition) is 0. The molecule has 4 aromatic heterocycles. The Bertz CT molecular complexity index is 677. The Balaban J connectivity index is 1.58. The molecule has 0 aliphatic carbocycles. The van der Waals surface area contributed by atoms with Gasteiger partial charge in [-0.2, -0.15) is 0 Å². The van der Waals surface area contributed by atoms with E-state index in [9.17, 15) is 0 Å². The van der Waals surface area contributed by atoms with Gasteiger partial charge in [0.25, 0.3) is 0 Å². The molecule has 0 fully saturated rings. The van der Waals surface area contributed by atoms with E-state index in [0.29, 0.717) is 0 Å². The van der Waals surface area contributed by atoms with Crippen molar-refractivity contribution in [1.29, 1.82) is 0 Å². The van der Waals surface area contributed by atoms with E-state index in [1.807, 2.05) is 45.3 Å². The van der Waals surface area contributed by atoms with Gasteiger partial charge in [-0.15, -0.1) is 45.3 Å². The first-order chi connectivity index (χ1) is 11.9. The molecule has 0 radical (unpaired) electrons.